The van der Waals surface area contributed by atoms with Crippen molar-refractivity contribution in [2.45, 2.75) is 20.3 Å². The summed E-state index contributed by atoms with van der Waals surface area (Å²) in [6.07, 6.45) is 0.566. The highest BCUT2D eigenvalue weighted by Gasteiger charge is 2.33. The minimum atomic E-state index is -0.252. The molecule has 0 spiro atoms. The molecule has 1 rings (SSSR count). The van der Waals surface area contributed by atoms with Crippen molar-refractivity contribution in [3.05, 3.63) is 34.1 Å². The van der Waals surface area contributed by atoms with Crippen LogP contribution in [0.2, 0.25) is 0 Å². The molecule has 0 heterocycles. The zero-order valence-corrected chi connectivity index (χ0v) is 13.0. The highest BCUT2D eigenvalue weighted by molar-refractivity contribution is 9.10. The zero-order chi connectivity index (χ0) is 13.1. The van der Waals surface area contributed by atoms with Crippen LogP contribution in [0.3, 0.4) is 0 Å². The standard InChI is InChI=1S/C13H16BrCl2F/c1-9(2)13(7-15,8-16)6-10-3-4-11(14)5-12(10)17/h3-5,9H,6-8H2,1-2H3. The van der Waals surface area contributed by atoms with Crippen LogP contribution in [0, 0.1) is 17.2 Å². The molecule has 1 aromatic rings. The van der Waals surface area contributed by atoms with Crippen LogP contribution in [-0.2, 0) is 6.42 Å². The average molecular weight is 342 g/mol. The van der Waals surface area contributed by atoms with Crippen molar-refractivity contribution in [3.63, 3.8) is 0 Å². The minimum Gasteiger partial charge on any atom is -0.207 e. The van der Waals surface area contributed by atoms with Gasteiger partial charge in [-0.15, -0.1) is 23.2 Å². The Labute approximate surface area is 121 Å². The summed E-state index contributed by atoms with van der Waals surface area (Å²) in [7, 11) is 0. The van der Waals surface area contributed by atoms with Crippen molar-refractivity contribution in [1.82, 2.24) is 0 Å². The third kappa shape index (κ3) is 3.59. The summed E-state index contributed by atoms with van der Waals surface area (Å²) < 4.78 is 14.5. The van der Waals surface area contributed by atoms with E-state index in [0.717, 1.165) is 4.47 Å². The predicted octanol–water partition coefficient (Wildman–Crippen LogP) is 5.25. The number of benzene rings is 1. The maximum absolute atomic E-state index is 13.8. The minimum absolute atomic E-state index is 0.209. The van der Waals surface area contributed by atoms with E-state index >= 15 is 0 Å². The lowest BCUT2D eigenvalue weighted by atomic mass is 9.76. The van der Waals surface area contributed by atoms with Crippen molar-refractivity contribution in [2.24, 2.45) is 11.3 Å². The topological polar surface area (TPSA) is 0 Å². The van der Waals surface area contributed by atoms with Crippen LogP contribution >= 0.6 is 39.1 Å². The van der Waals surface area contributed by atoms with Gasteiger partial charge >= 0.3 is 0 Å². The van der Waals surface area contributed by atoms with Crippen LogP contribution in [0.25, 0.3) is 0 Å². The summed E-state index contributed by atoms with van der Waals surface area (Å²) in [4.78, 5) is 0. The fourth-order valence-electron chi connectivity index (χ4n) is 1.69. The molecule has 0 fully saturated rings. The second-order valence-corrected chi connectivity index (χ2v) is 6.15. The lowest BCUT2D eigenvalue weighted by molar-refractivity contribution is 0.256. The molecular formula is C13H16BrCl2F. The molecule has 0 unspecified atom stereocenters. The van der Waals surface area contributed by atoms with Gasteiger partial charge in [0.1, 0.15) is 5.82 Å². The van der Waals surface area contributed by atoms with Gasteiger partial charge in [0, 0.05) is 21.6 Å². The van der Waals surface area contributed by atoms with Crippen LogP contribution in [0.15, 0.2) is 22.7 Å². The van der Waals surface area contributed by atoms with E-state index in [1.165, 1.54) is 6.07 Å². The average Bonchev–Trinajstić information content (AvgIpc) is 2.28. The molecule has 17 heavy (non-hydrogen) atoms. The van der Waals surface area contributed by atoms with Crippen LogP contribution in [-0.4, -0.2) is 11.8 Å². The fourth-order valence-corrected chi connectivity index (χ4v) is 3.11. The Morgan fingerprint density at radius 1 is 1.29 bits per heavy atom. The first-order valence-corrected chi connectivity index (χ1v) is 7.37. The highest BCUT2D eigenvalue weighted by atomic mass is 79.9. The van der Waals surface area contributed by atoms with Gasteiger partial charge in [0.15, 0.2) is 0 Å². The van der Waals surface area contributed by atoms with Crippen LogP contribution in [0.5, 0.6) is 0 Å². The number of alkyl halides is 2. The lowest BCUT2D eigenvalue weighted by Gasteiger charge is -2.34. The SMILES string of the molecule is CC(C)C(CCl)(CCl)Cc1ccc(Br)cc1F. The first-order chi connectivity index (χ1) is 7.95. The normalized spacial score (nSPS) is 12.2. The van der Waals surface area contributed by atoms with Crippen molar-refractivity contribution in [1.29, 1.82) is 0 Å². The Bertz CT molecular complexity index is 376. The first-order valence-electron chi connectivity index (χ1n) is 5.51. The van der Waals surface area contributed by atoms with E-state index in [2.05, 4.69) is 29.8 Å². The van der Waals surface area contributed by atoms with Gasteiger partial charge in [0.25, 0.3) is 0 Å². The van der Waals surface area contributed by atoms with E-state index < -0.39 is 0 Å². The molecule has 0 bridgehead atoms. The van der Waals surface area contributed by atoms with Gasteiger partial charge in [0.05, 0.1) is 0 Å². The zero-order valence-electron chi connectivity index (χ0n) is 9.94. The van der Waals surface area contributed by atoms with Crippen molar-refractivity contribution >= 4 is 39.1 Å². The molecule has 0 saturated heterocycles. The third-order valence-electron chi connectivity index (χ3n) is 3.31. The van der Waals surface area contributed by atoms with Crippen molar-refractivity contribution in [2.75, 3.05) is 11.8 Å². The first kappa shape index (κ1) is 15.3. The van der Waals surface area contributed by atoms with Crippen LogP contribution < -0.4 is 0 Å². The van der Waals surface area contributed by atoms with E-state index in [-0.39, 0.29) is 11.2 Å². The molecule has 0 atom stereocenters. The van der Waals surface area contributed by atoms with Crippen LogP contribution in [0.4, 0.5) is 4.39 Å². The number of rotatable bonds is 5. The summed E-state index contributed by atoms with van der Waals surface area (Å²) >= 11 is 15.3. The largest absolute Gasteiger partial charge is 0.207 e. The molecule has 0 aliphatic heterocycles. The van der Waals surface area contributed by atoms with E-state index in [4.69, 9.17) is 23.2 Å². The van der Waals surface area contributed by atoms with Crippen LogP contribution in [0.1, 0.15) is 19.4 Å². The van der Waals surface area contributed by atoms with Gasteiger partial charge in [-0.2, -0.15) is 0 Å². The molecule has 1 aromatic carbocycles. The predicted molar refractivity (Wildman–Crippen MR) is 76.5 cm³/mol. The molecule has 0 aliphatic carbocycles. The second kappa shape index (κ2) is 6.40. The Balaban J connectivity index is 3.01. The maximum Gasteiger partial charge on any atom is 0.127 e. The Morgan fingerprint density at radius 3 is 2.29 bits per heavy atom. The summed E-state index contributed by atoms with van der Waals surface area (Å²) in [5.41, 5.74) is 0.417. The van der Waals surface area contributed by atoms with E-state index in [9.17, 15) is 4.39 Å². The summed E-state index contributed by atoms with van der Waals surface area (Å²) in [5, 5.41) is 0. The quantitative estimate of drug-likeness (QED) is 0.641. The summed E-state index contributed by atoms with van der Waals surface area (Å²) in [5.74, 6) is 0.966. The molecular weight excluding hydrogens is 326 g/mol. The Morgan fingerprint density at radius 2 is 1.88 bits per heavy atom. The van der Waals surface area contributed by atoms with E-state index in [1.807, 2.05) is 6.07 Å². The second-order valence-electron chi connectivity index (χ2n) is 4.70. The van der Waals surface area contributed by atoms with Crippen molar-refractivity contribution in [3.8, 4) is 0 Å². The van der Waals surface area contributed by atoms with E-state index in [1.54, 1.807) is 6.07 Å². The van der Waals surface area contributed by atoms with Gasteiger partial charge in [-0.05, 0) is 30.0 Å². The molecule has 96 valence electrons. The molecule has 0 N–H and O–H groups in total. The molecule has 0 aromatic heterocycles. The van der Waals surface area contributed by atoms with Crippen molar-refractivity contribution < 1.29 is 4.39 Å². The monoisotopic (exact) mass is 340 g/mol. The third-order valence-corrected chi connectivity index (χ3v) is 4.87. The van der Waals surface area contributed by atoms with Gasteiger partial charge in [-0.1, -0.05) is 35.8 Å². The van der Waals surface area contributed by atoms with Gasteiger partial charge < -0.3 is 0 Å². The Hall–Kier alpha value is 0.210. The Kier molecular flexibility index (Phi) is 5.75. The molecule has 0 saturated carbocycles. The highest BCUT2D eigenvalue weighted by Crippen LogP contribution is 2.35. The van der Waals surface area contributed by atoms with E-state index in [0.29, 0.717) is 29.7 Å². The van der Waals surface area contributed by atoms with Gasteiger partial charge in [0.2, 0.25) is 0 Å². The maximum atomic E-state index is 13.8. The number of halogens is 4. The molecule has 0 nitrogen and oxygen atoms in total. The number of hydrogen-bond donors (Lipinski definition) is 0. The van der Waals surface area contributed by atoms with Gasteiger partial charge in [-0.3, -0.25) is 0 Å². The molecule has 4 heteroatoms. The lowest BCUT2D eigenvalue weighted by Crippen LogP contribution is -2.34. The number of hydrogen-bond acceptors (Lipinski definition) is 0. The summed E-state index contributed by atoms with van der Waals surface area (Å²) in [6.45, 7) is 4.14. The van der Waals surface area contributed by atoms with Gasteiger partial charge in [-0.25, -0.2) is 4.39 Å². The summed E-state index contributed by atoms with van der Waals surface area (Å²) in [6, 6.07) is 5.10. The molecule has 0 radical (unpaired) electrons. The smallest absolute Gasteiger partial charge is 0.127 e. The fraction of sp³-hybridized carbons (Fsp3) is 0.538. The molecule has 0 amide bonds. The molecule has 0 aliphatic rings.